The Hall–Kier alpha value is -3.26. The average molecular weight is 521 g/mol. The van der Waals surface area contributed by atoms with Crippen LogP contribution in [0.1, 0.15) is 36.8 Å². The molecular formula is C29H33ClN4O3. The van der Waals surface area contributed by atoms with Crippen LogP contribution in [0.25, 0.3) is 16.9 Å². The number of pyridine rings is 1. The van der Waals surface area contributed by atoms with Crippen molar-refractivity contribution in [1.82, 2.24) is 14.7 Å². The summed E-state index contributed by atoms with van der Waals surface area (Å²) in [6, 6.07) is 16.5. The van der Waals surface area contributed by atoms with E-state index in [2.05, 4.69) is 29.6 Å². The number of hydrogen-bond donors (Lipinski definition) is 2. The van der Waals surface area contributed by atoms with Crippen molar-refractivity contribution in [3.8, 4) is 28.5 Å². The predicted molar refractivity (Wildman–Crippen MR) is 147 cm³/mol. The minimum absolute atomic E-state index is 0.368. The molecule has 2 aromatic heterocycles. The van der Waals surface area contributed by atoms with E-state index >= 15 is 0 Å². The molecule has 1 aliphatic carbocycles. The Kier molecular flexibility index (Phi) is 7.29. The molecule has 194 valence electrons. The van der Waals surface area contributed by atoms with E-state index in [1.165, 1.54) is 5.56 Å². The van der Waals surface area contributed by atoms with E-state index in [0.717, 1.165) is 60.4 Å². The van der Waals surface area contributed by atoms with Gasteiger partial charge in [-0.1, -0.05) is 23.7 Å². The van der Waals surface area contributed by atoms with E-state index in [4.69, 9.17) is 36.5 Å². The minimum Gasteiger partial charge on any atom is -0.497 e. The summed E-state index contributed by atoms with van der Waals surface area (Å²) in [4.78, 5) is 4.87. The summed E-state index contributed by atoms with van der Waals surface area (Å²) >= 11 is 6.39. The lowest BCUT2D eigenvalue weighted by Gasteiger charge is -2.38. The highest BCUT2D eigenvalue weighted by molar-refractivity contribution is 6.32. The van der Waals surface area contributed by atoms with Crippen LogP contribution in [0.3, 0.4) is 0 Å². The zero-order valence-electron chi connectivity index (χ0n) is 21.5. The highest BCUT2D eigenvalue weighted by atomic mass is 35.5. The first-order valence-corrected chi connectivity index (χ1v) is 12.9. The number of halogens is 1. The lowest BCUT2D eigenvalue weighted by Crippen LogP contribution is -2.45. The first-order valence-electron chi connectivity index (χ1n) is 12.5. The van der Waals surface area contributed by atoms with Crippen molar-refractivity contribution in [2.45, 2.75) is 43.8 Å². The predicted octanol–water partition coefficient (Wildman–Crippen LogP) is 5.57. The van der Waals surface area contributed by atoms with E-state index in [-0.39, 0.29) is 5.54 Å². The number of ether oxygens (including phenoxy) is 3. The van der Waals surface area contributed by atoms with Gasteiger partial charge in [-0.2, -0.15) is 0 Å². The molecule has 1 saturated carbocycles. The molecule has 5 rings (SSSR count). The first kappa shape index (κ1) is 25.4. The smallest absolute Gasteiger partial charge is 0.141 e. The Morgan fingerprint density at radius 1 is 1.00 bits per heavy atom. The SMILES string of the molecule is COc1ccc(CNC2CCC(N)(c3ccn4cc(-c5cc(Cl)c(OC)cc5OC)nc4c3)CC2)cc1. The normalized spacial score (nSPS) is 19.6. The summed E-state index contributed by atoms with van der Waals surface area (Å²) in [7, 11) is 4.89. The summed E-state index contributed by atoms with van der Waals surface area (Å²) in [5, 5.41) is 4.20. The van der Waals surface area contributed by atoms with Crippen LogP contribution in [-0.2, 0) is 12.1 Å². The third-order valence-corrected chi connectivity index (χ3v) is 7.71. The van der Waals surface area contributed by atoms with Gasteiger partial charge in [0.25, 0.3) is 0 Å². The maximum absolute atomic E-state index is 6.96. The van der Waals surface area contributed by atoms with E-state index in [9.17, 15) is 0 Å². The standard InChI is InChI=1S/C29H33ClN4O3/c1-35-22-6-4-19(5-7-22)17-32-21-8-11-29(31,12-9-21)20-10-13-34-18-25(33-28(34)14-20)23-15-24(30)27(37-3)16-26(23)36-2/h4-7,10,13-16,18,21,32H,8-9,11-12,17,31H2,1-3H3. The van der Waals surface area contributed by atoms with Crippen LogP contribution in [0.5, 0.6) is 17.2 Å². The van der Waals surface area contributed by atoms with Crippen LogP contribution >= 0.6 is 11.6 Å². The van der Waals surface area contributed by atoms with Gasteiger partial charge in [-0.25, -0.2) is 4.98 Å². The second kappa shape index (κ2) is 10.6. The van der Waals surface area contributed by atoms with Crippen molar-refractivity contribution in [1.29, 1.82) is 0 Å². The topological polar surface area (TPSA) is 83.0 Å². The van der Waals surface area contributed by atoms with Crippen molar-refractivity contribution < 1.29 is 14.2 Å². The summed E-state index contributed by atoms with van der Waals surface area (Å²) in [6.45, 7) is 0.841. The van der Waals surface area contributed by atoms with Crippen LogP contribution in [0.2, 0.25) is 5.02 Å². The van der Waals surface area contributed by atoms with Crippen molar-refractivity contribution >= 4 is 17.2 Å². The Labute approximate surface area is 222 Å². The van der Waals surface area contributed by atoms with E-state index in [1.54, 1.807) is 27.4 Å². The molecule has 7 nitrogen and oxygen atoms in total. The number of nitrogens with one attached hydrogen (secondary N) is 1. The van der Waals surface area contributed by atoms with Gasteiger partial charge in [0, 0.05) is 42.1 Å². The molecule has 4 aromatic rings. The molecule has 2 aromatic carbocycles. The number of fused-ring (bicyclic) bond motifs is 1. The molecule has 1 fully saturated rings. The maximum atomic E-state index is 6.96. The first-order chi connectivity index (χ1) is 17.9. The van der Waals surface area contributed by atoms with Gasteiger partial charge in [-0.05, 0) is 67.1 Å². The summed E-state index contributed by atoms with van der Waals surface area (Å²) in [5.74, 6) is 2.09. The van der Waals surface area contributed by atoms with Crippen molar-refractivity contribution in [2.75, 3.05) is 21.3 Å². The molecule has 0 spiro atoms. The Bertz CT molecular complexity index is 1380. The fourth-order valence-electron chi connectivity index (χ4n) is 5.11. The number of nitrogens with two attached hydrogens (primary N) is 1. The van der Waals surface area contributed by atoms with Crippen molar-refractivity contribution in [2.24, 2.45) is 5.73 Å². The molecule has 8 heteroatoms. The Morgan fingerprint density at radius 3 is 2.41 bits per heavy atom. The van der Waals surface area contributed by atoms with E-state index < -0.39 is 0 Å². The summed E-state index contributed by atoms with van der Waals surface area (Å²) < 4.78 is 18.2. The second-order valence-electron chi connectivity index (χ2n) is 9.65. The minimum atomic E-state index is -0.368. The number of imidazole rings is 1. The number of methoxy groups -OCH3 is 3. The number of hydrogen-bond acceptors (Lipinski definition) is 6. The monoisotopic (exact) mass is 520 g/mol. The Morgan fingerprint density at radius 2 is 1.73 bits per heavy atom. The average Bonchev–Trinajstić information content (AvgIpc) is 3.36. The summed E-state index contributed by atoms with van der Waals surface area (Å²) in [6.07, 6.45) is 7.89. The maximum Gasteiger partial charge on any atom is 0.141 e. The van der Waals surface area contributed by atoms with Crippen LogP contribution < -0.4 is 25.3 Å². The molecule has 3 N–H and O–H groups in total. The van der Waals surface area contributed by atoms with Gasteiger partial charge in [0.2, 0.25) is 0 Å². The van der Waals surface area contributed by atoms with Crippen molar-refractivity contribution in [3.05, 3.63) is 77.1 Å². The highest BCUT2D eigenvalue weighted by Crippen LogP contribution is 2.39. The third-order valence-electron chi connectivity index (χ3n) is 7.42. The third kappa shape index (κ3) is 5.25. The molecule has 0 bridgehead atoms. The van der Waals surface area contributed by atoms with Gasteiger partial charge in [-0.3, -0.25) is 0 Å². The fourth-order valence-corrected chi connectivity index (χ4v) is 5.35. The van der Waals surface area contributed by atoms with Crippen molar-refractivity contribution in [3.63, 3.8) is 0 Å². The zero-order chi connectivity index (χ0) is 26.0. The molecule has 2 heterocycles. The molecule has 0 saturated heterocycles. The molecule has 0 amide bonds. The number of nitrogens with zero attached hydrogens (tertiary/aromatic N) is 2. The molecule has 0 atom stereocenters. The van der Waals surface area contributed by atoms with Gasteiger partial charge < -0.3 is 29.7 Å². The van der Waals surface area contributed by atoms with Crippen LogP contribution in [-0.4, -0.2) is 36.8 Å². The molecule has 0 unspecified atom stereocenters. The molecule has 0 radical (unpaired) electrons. The molecular weight excluding hydrogens is 488 g/mol. The van der Waals surface area contributed by atoms with Gasteiger partial charge in [0.05, 0.1) is 32.0 Å². The number of rotatable bonds is 8. The largest absolute Gasteiger partial charge is 0.497 e. The highest BCUT2D eigenvalue weighted by Gasteiger charge is 2.33. The van der Waals surface area contributed by atoms with Gasteiger partial charge >= 0.3 is 0 Å². The van der Waals surface area contributed by atoms with Gasteiger partial charge in [0.1, 0.15) is 22.9 Å². The lowest BCUT2D eigenvalue weighted by atomic mass is 9.76. The fraction of sp³-hybridized carbons (Fsp3) is 0.345. The van der Waals surface area contributed by atoms with Crippen LogP contribution in [0.4, 0.5) is 0 Å². The van der Waals surface area contributed by atoms with Gasteiger partial charge in [-0.15, -0.1) is 0 Å². The molecule has 1 aliphatic rings. The van der Waals surface area contributed by atoms with Gasteiger partial charge in [0.15, 0.2) is 0 Å². The van der Waals surface area contributed by atoms with Crippen LogP contribution in [0, 0.1) is 0 Å². The molecule has 0 aliphatic heterocycles. The number of aromatic nitrogens is 2. The molecule has 37 heavy (non-hydrogen) atoms. The Balaban J connectivity index is 1.29. The van der Waals surface area contributed by atoms with Crippen LogP contribution in [0.15, 0.2) is 60.9 Å². The van der Waals surface area contributed by atoms with E-state index in [1.807, 2.05) is 35.0 Å². The zero-order valence-corrected chi connectivity index (χ0v) is 22.2. The number of benzene rings is 2. The lowest BCUT2D eigenvalue weighted by molar-refractivity contribution is 0.251. The second-order valence-corrected chi connectivity index (χ2v) is 10.1. The van der Waals surface area contributed by atoms with E-state index in [0.29, 0.717) is 22.6 Å². The summed E-state index contributed by atoms with van der Waals surface area (Å²) in [5.41, 5.74) is 11.4. The quantitative estimate of drug-likeness (QED) is 0.316.